The van der Waals surface area contributed by atoms with E-state index in [1.807, 2.05) is 54.7 Å². The minimum atomic E-state index is 0.480. The molecule has 0 spiro atoms. The van der Waals surface area contributed by atoms with Crippen molar-refractivity contribution >= 4 is 17.0 Å². The summed E-state index contributed by atoms with van der Waals surface area (Å²) in [5.74, 6) is 1.49. The van der Waals surface area contributed by atoms with E-state index in [0.29, 0.717) is 11.9 Å². The van der Waals surface area contributed by atoms with Crippen LogP contribution in [-0.4, -0.2) is 35.3 Å². The third-order valence-corrected chi connectivity index (χ3v) is 5.08. The summed E-state index contributed by atoms with van der Waals surface area (Å²) >= 11 is 0. The maximum Gasteiger partial charge on any atom is 0.170 e. The molecular formula is C20H21N7. The second-order valence-corrected chi connectivity index (χ2v) is 7.11. The third-order valence-electron chi connectivity index (χ3n) is 5.08. The number of aryl methyl sites for hydroxylation is 2. The number of hydrogen-bond acceptors (Lipinski definition) is 5. The monoisotopic (exact) mass is 359 g/mol. The Kier molecular flexibility index (Phi) is 3.50. The van der Waals surface area contributed by atoms with Crippen LogP contribution in [0.5, 0.6) is 0 Å². The van der Waals surface area contributed by atoms with Crippen LogP contribution in [0.1, 0.15) is 24.2 Å². The first-order valence-electron chi connectivity index (χ1n) is 9.19. The average molecular weight is 359 g/mol. The molecule has 0 amide bonds. The molecule has 0 radical (unpaired) electrons. The Morgan fingerprint density at radius 1 is 1.07 bits per heavy atom. The van der Waals surface area contributed by atoms with Gasteiger partial charge in [0.15, 0.2) is 22.8 Å². The molecule has 4 aromatic rings. The molecule has 3 aromatic heterocycles. The topological polar surface area (TPSA) is 73.5 Å². The van der Waals surface area contributed by atoms with Crippen molar-refractivity contribution in [2.45, 2.75) is 32.7 Å². The second-order valence-electron chi connectivity index (χ2n) is 7.11. The molecule has 1 aromatic carbocycles. The molecular weight excluding hydrogens is 338 g/mol. The lowest BCUT2D eigenvalue weighted by atomic mass is 10.2. The first-order chi connectivity index (χ1) is 13.1. The standard InChI is InChI=1S/C20H21N7/c1-12-16(13(2)26(3)25-12)18-23-19(22-14-9-10-14)17-20(24-18)27(11-21-17)15-7-5-4-6-8-15/h4-8,11,14H,9-10H2,1-3H3,(H,22,23,24). The van der Waals surface area contributed by atoms with E-state index in [1.54, 1.807) is 0 Å². The summed E-state index contributed by atoms with van der Waals surface area (Å²) in [4.78, 5) is 14.4. The van der Waals surface area contributed by atoms with Gasteiger partial charge in [0, 0.05) is 24.5 Å². The van der Waals surface area contributed by atoms with E-state index in [4.69, 9.17) is 9.97 Å². The first kappa shape index (κ1) is 16.0. The van der Waals surface area contributed by atoms with Crippen molar-refractivity contribution in [1.82, 2.24) is 29.3 Å². The summed E-state index contributed by atoms with van der Waals surface area (Å²) in [6.45, 7) is 4.05. The number of hydrogen-bond donors (Lipinski definition) is 1. The number of fused-ring (bicyclic) bond motifs is 1. The second kappa shape index (κ2) is 5.90. The molecule has 0 saturated heterocycles. The van der Waals surface area contributed by atoms with Crippen molar-refractivity contribution in [3.05, 3.63) is 48.0 Å². The Morgan fingerprint density at radius 2 is 1.85 bits per heavy atom. The SMILES string of the molecule is Cc1nn(C)c(C)c1-c1nc(NC2CC2)c2ncn(-c3ccccc3)c2n1. The van der Waals surface area contributed by atoms with Gasteiger partial charge < -0.3 is 5.32 Å². The fraction of sp³-hybridized carbons (Fsp3) is 0.300. The van der Waals surface area contributed by atoms with Crippen LogP contribution in [-0.2, 0) is 7.05 Å². The highest BCUT2D eigenvalue weighted by Crippen LogP contribution is 2.32. The zero-order valence-electron chi connectivity index (χ0n) is 15.6. The molecule has 1 saturated carbocycles. The molecule has 7 nitrogen and oxygen atoms in total. The van der Waals surface area contributed by atoms with E-state index in [-0.39, 0.29) is 0 Å². The molecule has 3 heterocycles. The lowest BCUT2D eigenvalue weighted by Gasteiger charge is -2.09. The maximum absolute atomic E-state index is 4.90. The highest BCUT2D eigenvalue weighted by molar-refractivity contribution is 5.87. The van der Waals surface area contributed by atoms with Gasteiger partial charge in [0.05, 0.1) is 11.3 Å². The molecule has 1 aliphatic carbocycles. The fourth-order valence-electron chi connectivity index (χ4n) is 3.41. The van der Waals surface area contributed by atoms with Crippen LogP contribution in [0.25, 0.3) is 28.2 Å². The quantitative estimate of drug-likeness (QED) is 0.604. The summed E-state index contributed by atoms with van der Waals surface area (Å²) in [5, 5.41) is 8.06. The van der Waals surface area contributed by atoms with Crippen LogP contribution < -0.4 is 5.32 Å². The molecule has 0 aliphatic heterocycles. The molecule has 1 aliphatic rings. The maximum atomic E-state index is 4.90. The Bertz CT molecular complexity index is 1140. The van der Waals surface area contributed by atoms with E-state index in [2.05, 4.69) is 27.5 Å². The molecule has 136 valence electrons. The summed E-state index contributed by atoms with van der Waals surface area (Å²) in [5.41, 5.74) is 5.60. The largest absolute Gasteiger partial charge is 0.365 e. The number of para-hydroxylation sites is 1. The van der Waals surface area contributed by atoms with Crippen molar-refractivity contribution in [3.63, 3.8) is 0 Å². The minimum Gasteiger partial charge on any atom is -0.365 e. The summed E-state index contributed by atoms with van der Waals surface area (Å²) < 4.78 is 3.89. The highest BCUT2D eigenvalue weighted by atomic mass is 15.3. The Labute approximate surface area is 157 Å². The van der Waals surface area contributed by atoms with Gasteiger partial charge >= 0.3 is 0 Å². The van der Waals surface area contributed by atoms with E-state index < -0.39 is 0 Å². The highest BCUT2D eigenvalue weighted by Gasteiger charge is 2.25. The molecule has 0 unspecified atom stereocenters. The van der Waals surface area contributed by atoms with Gasteiger partial charge in [-0.15, -0.1) is 0 Å². The van der Waals surface area contributed by atoms with Gasteiger partial charge in [-0.25, -0.2) is 15.0 Å². The summed E-state index contributed by atoms with van der Waals surface area (Å²) in [6, 6.07) is 10.6. The first-order valence-corrected chi connectivity index (χ1v) is 9.19. The Hall–Kier alpha value is -3.22. The third kappa shape index (κ3) is 2.66. The number of rotatable bonds is 4. The van der Waals surface area contributed by atoms with Crippen molar-refractivity contribution in [2.24, 2.45) is 7.05 Å². The van der Waals surface area contributed by atoms with E-state index in [0.717, 1.165) is 39.6 Å². The molecule has 1 fully saturated rings. The van der Waals surface area contributed by atoms with E-state index >= 15 is 0 Å². The van der Waals surface area contributed by atoms with Gasteiger partial charge in [0.2, 0.25) is 0 Å². The average Bonchev–Trinajstić information content (AvgIpc) is 3.31. The van der Waals surface area contributed by atoms with E-state index in [1.165, 1.54) is 12.8 Å². The van der Waals surface area contributed by atoms with Gasteiger partial charge in [0.1, 0.15) is 6.33 Å². The Morgan fingerprint density at radius 3 is 2.52 bits per heavy atom. The Balaban J connectivity index is 1.76. The molecule has 7 heteroatoms. The van der Waals surface area contributed by atoms with Crippen molar-refractivity contribution in [2.75, 3.05) is 5.32 Å². The number of nitrogens with zero attached hydrogens (tertiary/aromatic N) is 6. The van der Waals surface area contributed by atoms with Gasteiger partial charge in [0.25, 0.3) is 0 Å². The lowest BCUT2D eigenvalue weighted by Crippen LogP contribution is -2.07. The molecule has 0 atom stereocenters. The van der Waals surface area contributed by atoms with Crippen LogP contribution in [0.2, 0.25) is 0 Å². The summed E-state index contributed by atoms with van der Waals surface area (Å²) in [7, 11) is 1.95. The van der Waals surface area contributed by atoms with Crippen LogP contribution in [0.15, 0.2) is 36.7 Å². The molecule has 0 bridgehead atoms. The van der Waals surface area contributed by atoms with Crippen molar-refractivity contribution < 1.29 is 0 Å². The van der Waals surface area contributed by atoms with Gasteiger partial charge in [-0.3, -0.25) is 9.25 Å². The van der Waals surface area contributed by atoms with Gasteiger partial charge in [-0.2, -0.15) is 5.10 Å². The number of imidazole rings is 1. The zero-order valence-corrected chi connectivity index (χ0v) is 15.6. The van der Waals surface area contributed by atoms with Crippen LogP contribution in [0.4, 0.5) is 5.82 Å². The van der Waals surface area contributed by atoms with E-state index in [9.17, 15) is 0 Å². The number of aromatic nitrogens is 6. The van der Waals surface area contributed by atoms with Crippen molar-refractivity contribution in [1.29, 1.82) is 0 Å². The van der Waals surface area contributed by atoms with Crippen molar-refractivity contribution in [3.8, 4) is 17.1 Å². The van der Waals surface area contributed by atoms with Crippen LogP contribution in [0.3, 0.4) is 0 Å². The van der Waals surface area contributed by atoms with Crippen LogP contribution >= 0.6 is 0 Å². The predicted molar refractivity (Wildman–Crippen MR) is 105 cm³/mol. The molecule has 27 heavy (non-hydrogen) atoms. The molecule has 1 N–H and O–H groups in total. The van der Waals surface area contributed by atoms with Crippen LogP contribution in [0, 0.1) is 13.8 Å². The minimum absolute atomic E-state index is 0.480. The zero-order chi connectivity index (χ0) is 18.5. The normalized spacial score (nSPS) is 14.0. The summed E-state index contributed by atoms with van der Waals surface area (Å²) in [6.07, 6.45) is 4.16. The molecule has 5 rings (SSSR count). The number of benzene rings is 1. The van der Waals surface area contributed by atoms with Gasteiger partial charge in [-0.05, 0) is 38.8 Å². The predicted octanol–water partition coefficient (Wildman–Crippen LogP) is 3.41. The van der Waals surface area contributed by atoms with Gasteiger partial charge in [-0.1, -0.05) is 18.2 Å². The lowest BCUT2D eigenvalue weighted by molar-refractivity contribution is 0.731. The fourth-order valence-corrected chi connectivity index (χ4v) is 3.41. The number of nitrogens with one attached hydrogen (secondary N) is 1. The number of anilines is 1. The smallest absolute Gasteiger partial charge is 0.170 e.